The molecule has 0 saturated carbocycles. The Labute approximate surface area is 94.7 Å². The van der Waals surface area contributed by atoms with Gasteiger partial charge in [0.2, 0.25) is 0 Å². The van der Waals surface area contributed by atoms with Crippen molar-refractivity contribution in [2.45, 2.75) is 0 Å². The molecule has 1 aromatic rings. The van der Waals surface area contributed by atoms with Crippen LogP contribution in [0.4, 0.5) is 11.6 Å². The van der Waals surface area contributed by atoms with Crippen LogP contribution in [0.15, 0.2) is 23.0 Å². The first kappa shape index (κ1) is 11.9. The average Bonchev–Trinajstić information content (AvgIpc) is 2.06. The number of hydrogen-bond donors (Lipinski definition) is 2. The van der Waals surface area contributed by atoms with E-state index < -0.39 is 0 Å². The van der Waals surface area contributed by atoms with Crippen molar-refractivity contribution in [3.8, 4) is 0 Å². The Morgan fingerprint density at radius 1 is 1.08 bits per heavy atom. The van der Waals surface area contributed by atoms with E-state index in [9.17, 15) is 9.81 Å². The van der Waals surface area contributed by atoms with Crippen molar-refractivity contribution in [1.29, 1.82) is 0 Å². The molecular weight excluding hydrogens is 187 g/mol. The maximum Gasteiger partial charge on any atom is 1.00 e. The molecule has 0 aliphatic heterocycles. The second-order valence-electron chi connectivity index (χ2n) is 1.70. The molecule has 2 N–H and O–H groups in total. The zero-order valence-electron chi connectivity index (χ0n) is 6.76. The van der Waals surface area contributed by atoms with Gasteiger partial charge in [0.1, 0.15) is 0 Å². The van der Waals surface area contributed by atoms with E-state index in [2.05, 4.69) is 20.5 Å². The molecule has 0 saturated heterocycles. The molecule has 9 heteroatoms. The van der Waals surface area contributed by atoms with Crippen LogP contribution >= 0.6 is 0 Å². The molecular formula is C4H4N6NaO2+. The van der Waals surface area contributed by atoms with Gasteiger partial charge in [0.05, 0.1) is 23.0 Å². The number of rotatable bonds is 4. The molecule has 0 unspecified atom stereocenters. The molecule has 8 nitrogen and oxygen atoms in total. The Morgan fingerprint density at radius 3 is 1.92 bits per heavy atom. The van der Waals surface area contributed by atoms with Gasteiger partial charge in [-0.05, 0) is 0 Å². The molecule has 0 fully saturated rings. The summed E-state index contributed by atoms with van der Waals surface area (Å²) in [4.78, 5) is 26.7. The number of anilines is 2. The van der Waals surface area contributed by atoms with Crippen LogP contribution in [0.3, 0.4) is 0 Å². The molecule has 0 aliphatic rings. The van der Waals surface area contributed by atoms with E-state index in [1.807, 2.05) is 10.9 Å². The SMILES string of the molecule is O=NNc1cncc(NN=O)n1.[Na+]. The molecule has 0 spiro atoms. The molecule has 13 heavy (non-hydrogen) atoms. The topological polar surface area (TPSA) is 109 Å². The summed E-state index contributed by atoms with van der Waals surface area (Å²) in [6, 6.07) is 0. The Kier molecular flexibility index (Phi) is 5.85. The van der Waals surface area contributed by atoms with Crippen molar-refractivity contribution in [2.75, 3.05) is 10.9 Å². The van der Waals surface area contributed by atoms with Gasteiger partial charge in [-0.3, -0.25) is 4.98 Å². The van der Waals surface area contributed by atoms with Gasteiger partial charge in [0.25, 0.3) is 0 Å². The van der Waals surface area contributed by atoms with Crippen molar-refractivity contribution in [3.05, 3.63) is 22.2 Å². The summed E-state index contributed by atoms with van der Waals surface area (Å²) in [5.74, 6) is 0.275. The molecule has 0 radical (unpaired) electrons. The molecule has 0 aliphatic carbocycles. The number of nitrogens with one attached hydrogen (secondary N) is 2. The van der Waals surface area contributed by atoms with Gasteiger partial charge in [-0.25, -0.2) is 15.8 Å². The van der Waals surface area contributed by atoms with Crippen LogP contribution in [0.1, 0.15) is 0 Å². The van der Waals surface area contributed by atoms with Crippen molar-refractivity contribution < 1.29 is 29.6 Å². The van der Waals surface area contributed by atoms with Gasteiger partial charge < -0.3 is 0 Å². The molecule has 1 rings (SSSR count). The van der Waals surface area contributed by atoms with Crippen LogP contribution in [0, 0.1) is 9.81 Å². The van der Waals surface area contributed by atoms with Crippen LogP contribution < -0.4 is 40.4 Å². The van der Waals surface area contributed by atoms with E-state index in [4.69, 9.17) is 0 Å². The summed E-state index contributed by atoms with van der Waals surface area (Å²) in [6.07, 6.45) is 2.55. The summed E-state index contributed by atoms with van der Waals surface area (Å²) in [5, 5.41) is 4.74. The van der Waals surface area contributed by atoms with Gasteiger partial charge in [-0.15, -0.1) is 9.81 Å². The maximum atomic E-state index is 9.71. The van der Waals surface area contributed by atoms with Crippen LogP contribution in [0.5, 0.6) is 0 Å². The number of nitroso groups, excluding NO2 is 2. The average molecular weight is 191 g/mol. The standard InChI is InChI=1S/C4H4N6O2.Na/c11-9-7-3-1-5-2-4(6-3)8-10-12;/h1-2H,(H2,6,7,8,11,12);/q;+1. The van der Waals surface area contributed by atoms with Crippen LogP contribution in [0.2, 0.25) is 0 Å². The third-order valence-electron chi connectivity index (χ3n) is 0.955. The first-order chi connectivity index (χ1) is 5.86. The second kappa shape index (κ2) is 6.40. The summed E-state index contributed by atoms with van der Waals surface area (Å²) in [5.41, 5.74) is 4.04. The normalized spacial score (nSPS) is 8.00. The number of hydrogen-bond acceptors (Lipinski definition) is 6. The zero-order valence-corrected chi connectivity index (χ0v) is 8.76. The minimum Gasteiger partial charge on any atom is -0.257 e. The van der Waals surface area contributed by atoms with Gasteiger partial charge >= 0.3 is 29.6 Å². The van der Waals surface area contributed by atoms with E-state index in [1.165, 1.54) is 12.4 Å². The Morgan fingerprint density at radius 2 is 1.54 bits per heavy atom. The van der Waals surface area contributed by atoms with Gasteiger partial charge in [0.15, 0.2) is 11.6 Å². The first-order valence-electron chi connectivity index (χ1n) is 2.85. The largest absolute Gasteiger partial charge is 1.00 e. The van der Waals surface area contributed by atoms with E-state index in [0.29, 0.717) is 0 Å². The van der Waals surface area contributed by atoms with E-state index in [0.717, 1.165) is 0 Å². The fraction of sp³-hybridized carbons (Fsp3) is 0. The summed E-state index contributed by atoms with van der Waals surface area (Å²) in [7, 11) is 0. The Balaban J connectivity index is 0.00000144. The number of nitrogens with zero attached hydrogens (tertiary/aromatic N) is 4. The molecule has 0 bridgehead atoms. The molecule has 1 heterocycles. The monoisotopic (exact) mass is 191 g/mol. The van der Waals surface area contributed by atoms with E-state index in [1.54, 1.807) is 0 Å². The van der Waals surface area contributed by atoms with Gasteiger partial charge in [-0.1, -0.05) is 0 Å². The molecule has 0 atom stereocenters. The molecule has 62 valence electrons. The summed E-state index contributed by atoms with van der Waals surface area (Å²) < 4.78 is 0. The maximum absolute atomic E-state index is 9.71. The molecule has 1 aromatic heterocycles. The number of aromatic nitrogens is 2. The van der Waals surface area contributed by atoms with Crippen molar-refractivity contribution in [1.82, 2.24) is 9.97 Å². The third kappa shape index (κ3) is 3.87. The van der Waals surface area contributed by atoms with Gasteiger partial charge in [-0.2, -0.15) is 0 Å². The molecule has 0 amide bonds. The minimum atomic E-state index is 0. The Hall–Kier alpha value is -1.12. The fourth-order valence-electron chi connectivity index (χ4n) is 0.567. The summed E-state index contributed by atoms with van der Waals surface area (Å²) >= 11 is 0. The molecule has 0 aromatic carbocycles. The van der Waals surface area contributed by atoms with Crippen LogP contribution in [-0.4, -0.2) is 9.97 Å². The van der Waals surface area contributed by atoms with E-state index in [-0.39, 0.29) is 41.2 Å². The quantitative estimate of drug-likeness (QED) is 0.314. The predicted molar refractivity (Wildman–Crippen MR) is 40.9 cm³/mol. The first-order valence-corrected chi connectivity index (χ1v) is 2.85. The van der Waals surface area contributed by atoms with Crippen LogP contribution in [0.25, 0.3) is 0 Å². The van der Waals surface area contributed by atoms with Crippen LogP contribution in [-0.2, 0) is 0 Å². The smallest absolute Gasteiger partial charge is 0.257 e. The van der Waals surface area contributed by atoms with Crippen molar-refractivity contribution in [3.63, 3.8) is 0 Å². The predicted octanol–water partition coefficient (Wildman–Crippen LogP) is -2.33. The second-order valence-corrected chi connectivity index (χ2v) is 1.70. The Bertz CT molecular complexity index is 268. The van der Waals surface area contributed by atoms with Crippen molar-refractivity contribution >= 4 is 11.6 Å². The fourth-order valence-corrected chi connectivity index (χ4v) is 0.567. The summed E-state index contributed by atoms with van der Waals surface area (Å²) in [6.45, 7) is 0. The van der Waals surface area contributed by atoms with Crippen molar-refractivity contribution in [2.24, 2.45) is 10.6 Å². The minimum absolute atomic E-state index is 0. The van der Waals surface area contributed by atoms with E-state index >= 15 is 0 Å². The third-order valence-corrected chi connectivity index (χ3v) is 0.955. The zero-order chi connectivity index (χ0) is 8.81. The van der Waals surface area contributed by atoms with Gasteiger partial charge in [0, 0.05) is 0 Å².